The highest BCUT2D eigenvalue weighted by molar-refractivity contribution is 7.91. The topological polar surface area (TPSA) is 314 Å². The minimum atomic E-state index is -4.96. The smallest absolute Gasteiger partial charge is 0.397 e. The van der Waals surface area contributed by atoms with E-state index >= 15 is 0 Å². The summed E-state index contributed by atoms with van der Waals surface area (Å²) in [7, 11) is -18.0. The summed E-state index contributed by atoms with van der Waals surface area (Å²) in [5.41, 5.74) is 12.4. The molecule has 4 aromatic rings. The Balaban J connectivity index is 0.000000316. The van der Waals surface area contributed by atoms with Gasteiger partial charge in [0.25, 0.3) is 20.2 Å². The molecule has 0 radical (unpaired) electrons. The number of nitrogens with one attached hydrogen (secondary N) is 1. The maximum Gasteiger partial charge on any atom is 0.397 e. The van der Waals surface area contributed by atoms with E-state index in [1.54, 1.807) is 42.5 Å². The predicted molar refractivity (Wildman–Crippen MR) is 166 cm³/mol. The van der Waals surface area contributed by atoms with Crippen LogP contribution in [0.25, 0.3) is 10.8 Å². The van der Waals surface area contributed by atoms with Gasteiger partial charge in [-0.15, -0.1) is 5.11 Å². The first kappa shape index (κ1) is 37.0. The lowest BCUT2D eigenvalue weighted by Gasteiger charge is -2.13. The summed E-state index contributed by atoms with van der Waals surface area (Å²) in [4.78, 5) is -1.69. The molecule has 7 N–H and O–H groups in total. The lowest BCUT2D eigenvalue weighted by atomic mass is 10.1. The zero-order valence-corrected chi connectivity index (χ0v) is 27.0. The molecule has 0 heterocycles. The number of phenols is 1. The number of aryl methyl sites for hydroxylation is 1. The fourth-order valence-corrected chi connectivity index (χ4v) is 6.67. The summed E-state index contributed by atoms with van der Waals surface area (Å²) in [5, 5.41) is 20.7. The average molecular weight is 732 g/mol. The molecule has 0 bridgehead atoms. The molecule has 4 rings (SSSR count). The van der Waals surface area contributed by atoms with Crippen LogP contribution in [-0.4, -0.2) is 64.8 Å². The van der Waals surface area contributed by atoms with Crippen LogP contribution in [-0.2, 0) is 44.7 Å². The van der Waals surface area contributed by atoms with Crippen LogP contribution in [0.2, 0.25) is 0 Å². The van der Waals surface area contributed by atoms with Crippen LogP contribution < -0.4 is 5.73 Å². The summed E-state index contributed by atoms with van der Waals surface area (Å²) in [5.74, 6) is -1.37. The number of rotatable bonds is 10. The lowest BCUT2D eigenvalue weighted by molar-refractivity contribution is 0.284. The van der Waals surface area contributed by atoms with Crippen LogP contribution in [0.1, 0.15) is 5.56 Å². The molecule has 0 unspecified atom stereocenters. The van der Waals surface area contributed by atoms with Gasteiger partial charge in [0.05, 0.1) is 34.0 Å². The first-order valence-corrected chi connectivity index (χ1v) is 18.4. The quantitative estimate of drug-likeness (QED) is 0.0753. The van der Waals surface area contributed by atoms with E-state index in [-0.39, 0.29) is 15.7 Å². The second-order valence-corrected chi connectivity index (χ2v) is 15.3. The summed E-state index contributed by atoms with van der Waals surface area (Å²) in [6.45, 7) is 1.22. The fraction of sp³-hybridized carbons (Fsp3) is 0.120. The molecule has 47 heavy (non-hydrogen) atoms. The Hall–Kier alpha value is -4.42. The molecule has 0 aromatic heterocycles. The zero-order valence-electron chi connectivity index (χ0n) is 23.8. The Labute approximate surface area is 268 Å². The third-order valence-electron chi connectivity index (χ3n) is 5.97. The van der Waals surface area contributed by atoms with Crippen molar-refractivity contribution in [3.63, 3.8) is 0 Å². The van der Waals surface area contributed by atoms with Gasteiger partial charge in [0.1, 0.15) is 21.2 Å². The zero-order chi connectivity index (χ0) is 35.4. The highest BCUT2D eigenvalue weighted by Gasteiger charge is 2.27. The van der Waals surface area contributed by atoms with Crippen molar-refractivity contribution in [3.05, 3.63) is 72.3 Å². The first-order valence-electron chi connectivity index (χ1n) is 12.5. The highest BCUT2D eigenvalue weighted by Crippen LogP contribution is 2.47. The largest absolute Gasteiger partial charge is 0.505 e. The van der Waals surface area contributed by atoms with Gasteiger partial charge in [-0.2, -0.15) is 35.5 Å². The third-order valence-corrected chi connectivity index (χ3v) is 9.86. The van der Waals surface area contributed by atoms with E-state index in [0.717, 1.165) is 17.7 Å². The van der Waals surface area contributed by atoms with Gasteiger partial charge in [-0.05, 0) is 48.7 Å². The standard InChI is InChI=1S/C17H15N5O7S2.C8H10O6S2/c1-8-2-4-10(5-3-8)21-22-16-12(31(27,28)29)7-9-6-11(30(24,25)26)15(20-19)14(18)13(9)17(16)23;9-15(10,7-6-14-16(11,12)13)8-4-2-1-3-5-8/h2-7,19,23H,18H2,1H3,(H,24,25,26)(H,27,28,29);1-5H,6-7H2,(H,11,12,13). The number of nitrogens with zero attached hydrogens (tertiary/aromatic N) is 3. The third kappa shape index (κ3) is 9.55. The summed E-state index contributed by atoms with van der Waals surface area (Å²) >= 11 is 0. The Kier molecular flexibility index (Phi) is 11.1. The van der Waals surface area contributed by atoms with E-state index in [4.69, 9.17) is 15.8 Å². The Morgan fingerprint density at radius 3 is 1.81 bits per heavy atom. The molecule has 0 fully saturated rings. The molecule has 0 amide bonds. The van der Waals surface area contributed by atoms with Crippen LogP contribution in [0.15, 0.2) is 96.8 Å². The normalized spacial score (nSPS) is 12.5. The number of hydrogen-bond acceptors (Lipinski definition) is 15. The number of azo groups is 1. The number of sulfone groups is 1. The molecule has 0 aliphatic carbocycles. The molecular weight excluding hydrogens is 707 g/mol. The van der Waals surface area contributed by atoms with Gasteiger partial charge >= 0.3 is 10.4 Å². The molecule has 0 aliphatic rings. The van der Waals surface area contributed by atoms with Crippen molar-refractivity contribution in [2.24, 2.45) is 15.3 Å². The number of fused-ring (bicyclic) bond motifs is 1. The van der Waals surface area contributed by atoms with Gasteiger partial charge in [0.2, 0.25) is 0 Å². The van der Waals surface area contributed by atoms with Crippen molar-refractivity contribution >= 4 is 74.0 Å². The molecule has 0 aliphatic heterocycles. The van der Waals surface area contributed by atoms with E-state index in [0.29, 0.717) is 5.69 Å². The van der Waals surface area contributed by atoms with Gasteiger partial charge in [0.15, 0.2) is 15.6 Å². The van der Waals surface area contributed by atoms with Crippen LogP contribution in [0.3, 0.4) is 0 Å². The van der Waals surface area contributed by atoms with Crippen LogP contribution >= 0.6 is 0 Å². The summed E-state index contributed by atoms with van der Waals surface area (Å²) < 4.78 is 122. The van der Waals surface area contributed by atoms with Gasteiger partial charge in [-0.1, -0.05) is 35.9 Å². The van der Waals surface area contributed by atoms with Crippen molar-refractivity contribution in [3.8, 4) is 5.75 Å². The van der Waals surface area contributed by atoms with Crippen molar-refractivity contribution in [1.82, 2.24) is 0 Å². The van der Waals surface area contributed by atoms with Crippen LogP contribution in [0.4, 0.5) is 22.7 Å². The van der Waals surface area contributed by atoms with E-state index in [9.17, 15) is 47.9 Å². The molecule has 22 heteroatoms. The van der Waals surface area contributed by atoms with Crippen molar-refractivity contribution in [2.75, 3.05) is 18.1 Å². The monoisotopic (exact) mass is 731 g/mol. The number of nitrogen functional groups attached to an aromatic ring is 1. The molecule has 252 valence electrons. The Morgan fingerprint density at radius 2 is 1.32 bits per heavy atom. The molecule has 0 spiro atoms. The number of benzene rings is 4. The van der Waals surface area contributed by atoms with Crippen LogP contribution in [0.5, 0.6) is 5.75 Å². The minimum absolute atomic E-state index is 0.0777. The molecular formula is C25H25N5O13S4. The molecule has 0 saturated heterocycles. The first-order chi connectivity index (χ1) is 21.7. The predicted octanol–water partition coefficient (Wildman–Crippen LogP) is 4.29. The maximum absolute atomic E-state index is 11.9. The van der Waals surface area contributed by atoms with Gasteiger partial charge < -0.3 is 10.8 Å². The maximum atomic E-state index is 11.9. The van der Waals surface area contributed by atoms with E-state index in [1.165, 1.54) is 12.1 Å². The van der Waals surface area contributed by atoms with E-state index in [2.05, 4.69) is 19.5 Å². The SMILES string of the molecule is Cc1ccc(N=Nc2c(S(=O)(=O)O)cc3cc(S(=O)(=O)O)c(N=N)c(N)c3c2O)cc1.O=S(=O)(O)OCCS(=O)(=O)c1ccccc1. The Bertz CT molecular complexity index is 2300. The molecule has 0 saturated carbocycles. The van der Waals surface area contributed by atoms with Gasteiger partial charge in [0, 0.05) is 0 Å². The van der Waals surface area contributed by atoms with Crippen LogP contribution in [0, 0.1) is 12.5 Å². The average Bonchev–Trinajstić information content (AvgIpc) is 2.96. The number of nitrogens with two attached hydrogens (primary N) is 1. The van der Waals surface area contributed by atoms with E-state index in [1.807, 2.05) is 6.92 Å². The molecule has 0 atom stereocenters. The number of hydrogen-bond donors (Lipinski definition) is 6. The summed E-state index contributed by atoms with van der Waals surface area (Å²) in [6, 6.07) is 15.7. The summed E-state index contributed by atoms with van der Waals surface area (Å²) in [6.07, 6.45) is 0. The molecule has 4 aromatic carbocycles. The second-order valence-electron chi connectivity index (χ2n) is 9.29. The Morgan fingerprint density at radius 1 is 0.787 bits per heavy atom. The number of aromatic hydroxyl groups is 1. The van der Waals surface area contributed by atoms with E-state index < -0.39 is 85.4 Å². The fourth-order valence-electron chi connectivity index (χ4n) is 3.83. The highest BCUT2D eigenvalue weighted by atomic mass is 32.3. The number of phenolic OH excluding ortho intramolecular Hbond substituents is 1. The lowest BCUT2D eigenvalue weighted by Crippen LogP contribution is -2.15. The molecule has 18 nitrogen and oxygen atoms in total. The minimum Gasteiger partial charge on any atom is -0.505 e. The van der Waals surface area contributed by atoms with Crippen molar-refractivity contribution in [1.29, 1.82) is 5.53 Å². The second kappa shape index (κ2) is 14.1. The van der Waals surface area contributed by atoms with Crippen molar-refractivity contribution < 1.29 is 56.6 Å². The van der Waals surface area contributed by atoms with Gasteiger partial charge in [-0.3, -0.25) is 13.7 Å². The van der Waals surface area contributed by atoms with Crippen molar-refractivity contribution in [2.45, 2.75) is 21.6 Å². The number of anilines is 1. The van der Waals surface area contributed by atoms with Gasteiger partial charge in [-0.25, -0.2) is 18.1 Å².